The van der Waals surface area contributed by atoms with Crippen LogP contribution in [0.3, 0.4) is 0 Å². The second-order valence-electron chi connectivity index (χ2n) is 6.81. The van der Waals surface area contributed by atoms with E-state index in [0.717, 1.165) is 15.4 Å². The van der Waals surface area contributed by atoms with Crippen molar-refractivity contribution in [2.24, 2.45) is 10.1 Å². The third-order valence-corrected chi connectivity index (χ3v) is 8.51. The minimum absolute atomic E-state index is 0.268. The summed E-state index contributed by atoms with van der Waals surface area (Å²) in [4.78, 5) is 6.76. The minimum Gasteiger partial charge on any atom is -0.379 e. The van der Waals surface area contributed by atoms with E-state index >= 15 is 0 Å². The molecule has 0 aliphatic carbocycles. The van der Waals surface area contributed by atoms with Crippen molar-refractivity contribution in [3.8, 4) is 0 Å². The molecule has 3 aromatic rings. The van der Waals surface area contributed by atoms with Gasteiger partial charge in [0.1, 0.15) is 0 Å². The number of morpholine rings is 1. The van der Waals surface area contributed by atoms with Crippen LogP contribution in [0.4, 0.5) is 5.69 Å². The Balaban J connectivity index is 1.60. The number of benzene rings is 1. The second-order valence-corrected chi connectivity index (χ2v) is 10.5. The van der Waals surface area contributed by atoms with Gasteiger partial charge in [0.05, 0.1) is 40.6 Å². The number of aryl methyl sites for hydroxylation is 2. The van der Waals surface area contributed by atoms with Crippen LogP contribution in [0.15, 0.2) is 56.1 Å². The molecule has 30 heavy (non-hydrogen) atoms. The van der Waals surface area contributed by atoms with Gasteiger partial charge < -0.3 is 4.74 Å². The Kier molecular flexibility index (Phi) is 6.30. The fourth-order valence-corrected chi connectivity index (χ4v) is 5.98. The molecule has 1 aliphatic rings. The van der Waals surface area contributed by atoms with Gasteiger partial charge in [0.25, 0.3) is 0 Å². The van der Waals surface area contributed by atoms with Crippen LogP contribution in [0, 0.1) is 13.8 Å². The van der Waals surface area contributed by atoms with Crippen molar-refractivity contribution in [2.75, 3.05) is 26.3 Å². The summed E-state index contributed by atoms with van der Waals surface area (Å²) in [6.07, 6.45) is 1.84. The molecule has 0 saturated carbocycles. The molecule has 1 saturated heterocycles. The monoisotopic (exact) mass is 462 g/mol. The third-order valence-electron chi connectivity index (χ3n) is 4.71. The molecule has 0 bridgehead atoms. The summed E-state index contributed by atoms with van der Waals surface area (Å²) in [6.45, 7) is 5.65. The molecule has 2 aromatic heterocycles. The highest BCUT2D eigenvalue weighted by Gasteiger charge is 2.26. The number of aromatic nitrogens is 1. The maximum absolute atomic E-state index is 12.8. The molecule has 0 spiro atoms. The molecule has 0 unspecified atom stereocenters. The van der Waals surface area contributed by atoms with Crippen LogP contribution in [0.5, 0.6) is 0 Å². The summed E-state index contributed by atoms with van der Waals surface area (Å²) in [5.41, 5.74) is 2.84. The number of hydrogen-bond acceptors (Lipinski definition) is 7. The highest BCUT2D eigenvalue weighted by atomic mass is 32.2. The van der Waals surface area contributed by atoms with E-state index in [9.17, 15) is 8.42 Å². The van der Waals surface area contributed by atoms with Crippen molar-refractivity contribution in [2.45, 2.75) is 18.7 Å². The summed E-state index contributed by atoms with van der Waals surface area (Å²) in [6, 6.07) is 8.72. The van der Waals surface area contributed by atoms with Crippen molar-refractivity contribution in [3.05, 3.63) is 62.0 Å². The van der Waals surface area contributed by atoms with Crippen molar-refractivity contribution in [3.63, 3.8) is 0 Å². The van der Waals surface area contributed by atoms with Gasteiger partial charge in [-0.15, -0.1) is 22.7 Å². The Labute approximate surface area is 183 Å². The standard InChI is InChI=1S/C20H22N4O3S3/c1-15-7-12-28-19(15)13-21-24-16(2)14-29-20(24)22-17-3-5-18(6-4-17)30(25,26)23-8-10-27-11-9-23/h3-7,12-14H,8-11H2,1-2H3. The topological polar surface area (TPSA) is 76.3 Å². The molecule has 158 valence electrons. The van der Waals surface area contributed by atoms with Gasteiger partial charge in [0, 0.05) is 18.5 Å². The van der Waals surface area contributed by atoms with Gasteiger partial charge in [-0.05, 0) is 55.1 Å². The molecule has 0 radical (unpaired) electrons. The molecular weight excluding hydrogens is 440 g/mol. The zero-order chi connectivity index (χ0) is 21.1. The lowest BCUT2D eigenvalue weighted by Crippen LogP contribution is -2.40. The van der Waals surface area contributed by atoms with Gasteiger partial charge in [-0.25, -0.2) is 18.1 Å². The van der Waals surface area contributed by atoms with Crippen LogP contribution >= 0.6 is 22.7 Å². The first kappa shape index (κ1) is 21.1. The van der Waals surface area contributed by atoms with Gasteiger partial charge in [0.15, 0.2) is 0 Å². The van der Waals surface area contributed by atoms with Gasteiger partial charge >= 0.3 is 0 Å². The van der Waals surface area contributed by atoms with Gasteiger partial charge in [0.2, 0.25) is 14.8 Å². The van der Waals surface area contributed by atoms with Crippen LogP contribution in [0.1, 0.15) is 16.1 Å². The number of sulfonamides is 1. The maximum Gasteiger partial charge on any atom is 0.243 e. The van der Waals surface area contributed by atoms with Crippen molar-refractivity contribution in [1.82, 2.24) is 8.98 Å². The predicted molar refractivity (Wildman–Crippen MR) is 120 cm³/mol. The lowest BCUT2D eigenvalue weighted by molar-refractivity contribution is 0.0730. The Bertz CT molecular complexity index is 1210. The molecule has 1 fully saturated rings. The summed E-state index contributed by atoms with van der Waals surface area (Å²) in [5.74, 6) is 0. The van der Waals surface area contributed by atoms with E-state index in [0.29, 0.717) is 32.0 Å². The number of nitrogens with zero attached hydrogens (tertiary/aromatic N) is 4. The quantitative estimate of drug-likeness (QED) is 0.546. The first-order chi connectivity index (χ1) is 14.4. The lowest BCUT2D eigenvalue weighted by atomic mass is 10.3. The maximum atomic E-state index is 12.8. The summed E-state index contributed by atoms with van der Waals surface area (Å²) >= 11 is 3.13. The van der Waals surface area contributed by atoms with E-state index in [1.807, 2.05) is 23.9 Å². The second kappa shape index (κ2) is 8.94. The van der Waals surface area contributed by atoms with Crippen LogP contribution in [-0.2, 0) is 14.8 Å². The Morgan fingerprint density at radius 2 is 1.80 bits per heavy atom. The molecule has 1 aromatic carbocycles. The van der Waals surface area contributed by atoms with Crippen molar-refractivity contribution >= 4 is 44.6 Å². The number of ether oxygens (including phenoxy) is 1. The highest BCUT2D eigenvalue weighted by molar-refractivity contribution is 7.89. The van der Waals surface area contributed by atoms with E-state index in [1.54, 1.807) is 40.3 Å². The van der Waals surface area contributed by atoms with Gasteiger partial charge in [-0.2, -0.15) is 9.41 Å². The van der Waals surface area contributed by atoms with Crippen molar-refractivity contribution < 1.29 is 13.2 Å². The molecule has 0 atom stereocenters. The number of thiophene rings is 1. The average molecular weight is 463 g/mol. The number of hydrogen-bond donors (Lipinski definition) is 0. The average Bonchev–Trinajstić information content (AvgIpc) is 3.32. The highest BCUT2D eigenvalue weighted by Crippen LogP contribution is 2.21. The fourth-order valence-electron chi connectivity index (χ4n) is 2.97. The zero-order valence-corrected chi connectivity index (χ0v) is 19.1. The van der Waals surface area contributed by atoms with Crippen molar-refractivity contribution in [1.29, 1.82) is 0 Å². The van der Waals surface area contributed by atoms with Crippen LogP contribution < -0.4 is 4.80 Å². The number of thiazole rings is 1. The normalized spacial score (nSPS) is 16.5. The third kappa shape index (κ3) is 4.47. The van der Waals surface area contributed by atoms with Gasteiger partial charge in [-0.1, -0.05) is 0 Å². The van der Waals surface area contributed by atoms with E-state index in [1.165, 1.54) is 21.2 Å². The lowest BCUT2D eigenvalue weighted by Gasteiger charge is -2.26. The molecular formula is C20H22N4O3S3. The molecule has 0 N–H and O–H groups in total. The van der Waals surface area contributed by atoms with E-state index < -0.39 is 10.0 Å². The Morgan fingerprint density at radius 3 is 2.47 bits per heavy atom. The van der Waals surface area contributed by atoms with Crippen LogP contribution in [0.25, 0.3) is 0 Å². The molecule has 0 amide bonds. The summed E-state index contributed by atoms with van der Waals surface area (Å²) in [5, 5.41) is 8.62. The van der Waals surface area contributed by atoms with Crippen LogP contribution in [0.2, 0.25) is 0 Å². The molecule has 1 aliphatic heterocycles. The smallest absolute Gasteiger partial charge is 0.243 e. The van der Waals surface area contributed by atoms with Crippen LogP contribution in [-0.4, -0.2) is 49.9 Å². The molecule has 3 heterocycles. The summed E-state index contributed by atoms with van der Waals surface area (Å²) < 4.78 is 34.0. The molecule has 10 heteroatoms. The van der Waals surface area contributed by atoms with E-state index in [-0.39, 0.29) is 4.90 Å². The largest absolute Gasteiger partial charge is 0.379 e. The minimum atomic E-state index is -3.51. The van der Waals surface area contributed by atoms with E-state index in [2.05, 4.69) is 23.1 Å². The first-order valence-electron chi connectivity index (χ1n) is 9.43. The summed E-state index contributed by atoms with van der Waals surface area (Å²) in [7, 11) is -3.51. The Morgan fingerprint density at radius 1 is 1.07 bits per heavy atom. The van der Waals surface area contributed by atoms with E-state index in [4.69, 9.17) is 4.74 Å². The Hall–Kier alpha value is -2.11. The molecule has 7 nitrogen and oxygen atoms in total. The first-order valence-corrected chi connectivity index (χ1v) is 12.6. The predicted octanol–water partition coefficient (Wildman–Crippen LogP) is 3.36. The molecule has 4 rings (SSSR count). The number of rotatable bonds is 5. The van der Waals surface area contributed by atoms with Gasteiger partial charge in [-0.3, -0.25) is 0 Å². The fraction of sp³-hybridized carbons (Fsp3) is 0.300. The SMILES string of the molecule is Cc1ccsc1C=Nn1c(C)csc1=Nc1ccc(S(=O)(=O)N2CCOCC2)cc1. The zero-order valence-electron chi connectivity index (χ0n) is 16.7.